The van der Waals surface area contributed by atoms with Gasteiger partial charge in [0.1, 0.15) is 5.82 Å². The number of hydrogen-bond acceptors (Lipinski definition) is 3. The van der Waals surface area contributed by atoms with Crippen molar-refractivity contribution in [2.75, 3.05) is 0 Å². The highest BCUT2D eigenvalue weighted by Gasteiger charge is 2.36. The average Bonchev–Trinajstić information content (AvgIpc) is 2.95. The Kier molecular flexibility index (Phi) is 6.02. The molecule has 0 radical (unpaired) electrons. The number of amidine groups is 1. The third-order valence-corrected chi connectivity index (χ3v) is 5.71. The van der Waals surface area contributed by atoms with Crippen LogP contribution in [0.4, 0.5) is 10.1 Å². The SMILES string of the molecule is CC[C@H](C)N1C(=O)/C(=C\c2c(F)cccc2Cl)SC1=Nc1ccc(C)cc1. The molecule has 1 fully saturated rings. The first-order valence-corrected chi connectivity index (χ1v) is 9.92. The fourth-order valence-electron chi connectivity index (χ4n) is 2.65. The summed E-state index contributed by atoms with van der Waals surface area (Å²) in [6, 6.07) is 12.2. The number of aliphatic imine (C=N–C) groups is 1. The van der Waals surface area contributed by atoms with E-state index < -0.39 is 5.82 Å². The van der Waals surface area contributed by atoms with Gasteiger partial charge in [-0.15, -0.1) is 0 Å². The zero-order valence-electron chi connectivity index (χ0n) is 15.4. The Morgan fingerprint density at radius 3 is 2.59 bits per heavy atom. The number of amides is 1. The summed E-state index contributed by atoms with van der Waals surface area (Å²) < 4.78 is 14.1. The van der Waals surface area contributed by atoms with Gasteiger partial charge in [-0.2, -0.15) is 0 Å². The molecule has 140 valence electrons. The number of aryl methyl sites for hydroxylation is 1. The summed E-state index contributed by atoms with van der Waals surface area (Å²) >= 11 is 7.36. The maximum atomic E-state index is 14.1. The highest BCUT2D eigenvalue weighted by molar-refractivity contribution is 8.18. The molecule has 0 bridgehead atoms. The largest absolute Gasteiger partial charge is 0.284 e. The number of nitrogens with zero attached hydrogens (tertiary/aromatic N) is 2. The van der Waals surface area contributed by atoms with E-state index in [0.29, 0.717) is 10.1 Å². The Labute approximate surface area is 167 Å². The number of halogens is 2. The Hall–Kier alpha value is -2.11. The number of carbonyl (C=O) groups is 1. The first-order valence-electron chi connectivity index (χ1n) is 8.73. The number of thioether (sulfide) groups is 1. The fourth-order valence-corrected chi connectivity index (χ4v) is 3.93. The number of benzene rings is 2. The van der Waals surface area contributed by atoms with Crippen LogP contribution in [0.1, 0.15) is 31.4 Å². The van der Waals surface area contributed by atoms with Crippen LogP contribution < -0.4 is 0 Å². The molecule has 27 heavy (non-hydrogen) atoms. The van der Waals surface area contributed by atoms with E-state index in [0.717, 1.165) is 17.7 Å². The lowest BCUT2D eigenvalue weighted by atomic mass is 10.2. The Morgan fingerprint density at radius 1 is 1.26 bits per heavy atom. The van der Waals surface area contributed by atoms with Crippen LogP contribution in [-0.2, 0) is 4.79 Å². The van der Waals surface area contributed by atoms with Crippen LogP contribution in [0.2, 0.25) is 5.02 Å². The zero-order chi connectivity index (χ0) is 19.6. The van der Waals surface area contributed by atoms with Crippen molar-refractivity contribution >= 4 is 46.2 Å². The molecule has 2 aromatic carbocycles. The zero-order valence-corrected chi connectivity index (χ0v) is 16.9. The van der Waals surface area contributed by atoms with Crippen molar-refractivity contribution < 1.29 is 9.18 Å². The normalized spacial score (nSPS) is 18.6. The minimum absolute atomic E-state index is 0.0174. The monoisotopic (exact) mass is 402 g/mol. The van der Waals surface area contributed by atoms with Crippen LogP contribution in [0.3, 0.4) is 0 Å². The molecule has 0 unspecified atom stereocenters. The van der Waals surface area contributed by atoms with Crippen molar-refractivity contribution in [3.8, 4) is 0 Å². The molecule has 1 amide bonds. The smallest absolute Gasteiger partial charge is 0.267 e. The average molecular weight is 403 g/mol. The number of carbonyl (C=O) groups excluding carboxylic acids is 1. The summed E-state index contributed by atoms with van der Waals surface area (Å²) in [4.78, 5) is 19.7. The van der Waals surface area contributed by atoms with Gasteiger partial charge in [-0.25, -0.2) is 9.38 Å². The molecule has 1 saturated heterocycles. The van der Waals surface area contributed by atoms with Crippen LogP contribution in [0.5, 0.6) is 0 Å². The van der Waals surface area contributed by atoms with Gasteiger partial charge in [-0.3, -0.25) is 9.69 Å². The van der Waals surface area contributed by atoms with Gasteiger partial charge in [-0.1, -0.05) is 42.3 Å². The molecule has 0 aromatic heterocycles. The molecule has 1 heterocycles. The van der Waals surface area contributed by atoms with Crippen LogP contribution in [-0.4, -0.2) is 22.0 Å². The van der Waals surface area contributed by atoms with Gasteiger partial charge in [-0.05, 0) is 62.4 Å². The first kappa shape index (κ1) is 19.6. The second-order valence-corrected chi connectivity index (χ2v) is 7.82. The van der Waals surface area contributed by atoms with E-state index in [9.17, 15) is 9.18 Å². The van der Waals surface area contributed by atoms with Crippen LogP contribution in [0.25, 0.3) is 6.08 Å². The van der Waals surface area contributed by atoms with E-state index in [1.807, 2.05) is 45.0 Å². The lowest BCUT2D eigenvalue weighted by molar-refractivity contribution is -0.123. The summed E-state index contributed by atoms with van der Waals surface area (Å²) in [6.07, 6.45) is 2.30. The van der Waals surface area contributed by atoms with Crippen molar-refractivity contribution in [2.45, 2.75) is 33.2 Å². The minimum atomic E-state index is -0.456. The van der Waals surface area contributed by atoms with Crippen molar-refractivity contribution in [3.05, 3.63) is 69.3 Å². The molecule has 1 aliphatic rings. The minimum Gasteiger partial charge on any atom is -0.284 e. The second-order valence-electron chi connectivity index (χ2n) is 6.41. The van der Waals surface area contributed by atoms with Gasteiger partial charge in [0.05, 0.1) is 15.6 Å². The topological polar surface area (TPSA) is 32.7 Å². The van der Waals surface area contributed by atoms with Crippen molar-refractivity contribution in [2.24, 2.45) is 4.99 Å². The Balaban J connectivity index is 2.03. The van der Waals surface area contributed by atoms with Gasteiger partial charge < -0.3 is 0 Å². The van der Waals surface area contributed by atoms with Crippen LogP contribution in [0.15, 0.2) is 52.4 Å². The fraction of sp³-hybridized carbons (Fsp3) is 0.238. The molecule has 2 aromatic rings. The number of rotatable bonds is 4. The molecule has 0 aliphatic carbocycles. The number of hydrogen-bond donors (Lipinski definition) is 0. The van der Waals surface area contributed by atoms with Crippen molar-refractivity contribution in [3.63, 3.8) is 0 Å². The molecule has 3 nitrogen and oxygen atoms in total. The van der Waals surface area contributed by atoms with Crippen LogP contribution >= 0.6 is 23.4 Å². The summed E-state index contributed by atoms with van der Waals surface area (Å²) in [5.74, 6) is -0.637. The lowest BCUT2D eigenvalue weighted by Gasteiger charge is -2.22. The molecule has 0 saturated carbocycles. The van der Waals surface area contributed by atoms with E-state index in [4.69, 9.17) is 11.6 Å². The quantitative estimate of drug-likeness (QED) is 0.571. The summed E-state index contributed by atoms with van der Waals surface area (Å²) in [7, 11) is 0. The van der Waals surface area contributed by atoms with Crippen molar-refractivity contribution in [1.82, 2.24) is 4.90 Å². The van der Waals surface area contributed by atoms with E-state index in [1.54, 1.807) is 17.0 Å². The van der Waals surface area contributed by atoms with Gasteiger partial charge in [0.15, 0.2) is 5.17 Å². The summed E-state index contributed by atoms with van der Waals surface area (Å²) in [6.45, 7) is 6.00. The molecule has 1 atom stereocenters. The van der Waals surface area contributed by atoms with Crippen LogP contribution in [0, 0.1) is 12.7 Å². The summed E-state index contributed by atoms with van der Waals surface area (Å²) in [5, 5.41) is 0.867. The lowest BCUT2D eigenvalue weighted by Crippen LogP contribution is -2.36. The van der Waals surface area contributed by atoms with Gasteiger partial charge in [0, 0.05) is 11.6 Å². The van der Waals surface area contributed by atoms with E-state index in [-0.39, 0.29) is 22.5 Å². The third-order valence-electron chi connectivity index (χ3n) is 4.40. The molecule has 6 heteroatoms. The Morgan fingerprint density at radius 2 is 1.96 bits per heavy atom. The molecule has 1 aliphatic heterocycles. The molecular weight excluding hydrogens is 383 g/mol. The molecule has 0 spiro atoms. The Bertz CT molecular complexity index is 904. The first-order chi connectivity index (χ1) is 12.9. The van der Waals surface area contributed by atoms with Gasteiger partial charge in [0.2, 0.25) is 0 Å². The standard InChI is InChI=1S/C21H20ClFN2OS/c1-4-14(3)25-20(26)19(12-16-17(22)6-5-7-18(16)23)27-21(25)24-15-10-8-13(2)9-11-15/h5-12,14H,4H2,1-3H3/b19-12+,24-21?/t14-/m0/s1. The predicted molar refractivity (Wildman–Crippen MR) is 112 cm³/mol. The highest BCUT2D eigenvalue weighted by atomic mass is 35.5. The van der Waals surface area contributed by atoms with E-state index in [1.165, 1.54) is 23.9 Å². The van der Waals surface area contributed by atoms with E-state index >= 15 is 0 Å². The van der Waals surface area contributed by atoms with Gasteiger partial charge in [0.25, 0.3) is 5.91 Å². The van der Waals surface area contributed by atoms with E-state index in [2.05, 4.69) is 4.99 Å². The maximum absolute atomic E-state index is 14.1. The predicted octanol–water partition coefficient (Wildman–Crippen LogP) is 6.19. The molecule has 3 rings (SSSR count). The third kappa shape index (κ3) is 4.25. The molecule has 0 N–H and O–H groups in total. The van der Waals surface area contributed by atoms with Crippen molar-refractivity contribution in [1.29, 1.82) is 0 Å². The second kappa shape index (κ2) is 8.28. The molecular formula is C21H20ClFN2OS. The summed E-state index contributed by atoms with van der Waals surface area (Å²) in [5.41, 5.74) is 2.13. The highest BCUT2D eigenvalue weighted by Crippen LogP contribution is 2.37. The maximum Gasteiger partial charge on any atom is 0.267 e. The van der Waals surface area contributed by atoms with Gasteiger partial charge >= 0.3 is 0 Å².